The lowest BCUT2D eigenvalue weighted by Gasteiger charge is -2.23. The minimum Gasteiger partial charge on any atom is -0.335 e. The zero-order valence-corrected chi connectivity index (χ0v) is 11.7. The third kappa shape index (κ3) is 2.46. The Kier molecular flexibility index (Phi) is 3.54. The van der Waals surface area contributed by atoms with Crippen LogP contribution in [0.2, 0.25) is 0 Å². The van der Waals surface area contributed by atoms with Crippen LogP contribution in [0.4, 0.5) is 5.69 Å². The molecule has 1 unspecified atom stereocenters. The van der Waals surface area contributed by atoms with Gasteiger partial charge in [-0.3, -0.25) is 4.79 Å². The number of fused-ring (bicyclic) bond motifs is 1. The fraction of sp³-hybridized carbons (Fsp3) is 0.375. The topological polar surface area (TPSA) is 46.9 Å². The lowest BCUT2D eigenvalue weighted by Crippen LogP contribution is -2.30. The summed E-state index contributed by atoms with van der Waals surface area (Å²) in [5.41, 5.74) is 3.28. The quantitative estimate of drug-likeness (QED) is 0.931. The Hall–Kier alpha value is -2.10. The molecule has 2 heterocycles. The number of amides is 1. The number of aromatic nitrogens is 2. The van der Waals surface area contributed by atoms with Gasteiger partial charge >= 0.3 is 0 Å². The summed E-state index contributed by atoms with van der Waals surface area (Å²) in [5.74, 6) is 0.169. The first-order valence-corrected chi connectivity index (χ1v) is 7.15. The number of anilines is 1. The van der Waals surface area contributed by atoms with Gasteiger partial charge in [-0.05, 0) is 24.5 Å². The van der Waals surface area contributed by atoms with Crippen molar-refractivity contribution in [3.05, 3.63) is 48.0 Å². The van der Waals surface area contributed by atoms with Crippen LogP contribution in [0, 0.1) is 5.92 Å². The first kappa shape index (κ1) is 12.9. The van der Waals surface area contributed by atoms with Gasteiger partial charge in [0.2, 0.25) is 5.91 Å². The Morgan fingerprint density at radius 3 is 3.15 bits per heavy atom. The highest BCUT2D eigenvalue weighted by molar-refractivity contribution is 5.93. The van der Waals surface area contributed by atoms with Crippen molar-refractivity contribution < 1.29 is 4.79 Å². The number of para-hydroxylation sites is 1. The molecule has 0 saturated heterocycles. The van der Waals surface area contributed by atoms with E-state index in [0.29, 0.717) is 0 Å². The number of carbonyl (C=O) groups is 1. The van der Waals surface area contributed by atoms with Gasteiger partial charge in [0.05, 0.1) is 6.33 Å². The summed E-state index contributed by atoms with van der Waals surface area (Å²) in [7, 11) is 0. The van der Waals surface area contributed by atoms with Crippen LogP contribution in [-0.2, 0) is 24.2 Å². The monoisotopic (exact) mass is 269 g/mol. The van der Waals surface area contributed by atoms with Gasteiger partial charge in [-0.2, -0.15) is 0 Å². The van der Waals surface area contributed by atoms with Crippen LogP contribution < -0.4 is 5.32 Å². The lowest BCUT2D eigenvalue weighted by molar-refractivity contribution is -0.120. The van der Waals surface area contributed by atoms with Crippen molar-refractivity contribution in [3.63, 3.8) is 0 Å². The Morgan fingerprint density at radius 1 is 1.45 bits per heavy atom. The van der Waals surface area contributed by atoms with Crippen LogP contribution in [0.15, 0.2) is 36.8 Å². The summed E-state index contributed by atoms with van der Waals surface area (Å²) >= 11 is 0. The van der Waals surface area contributed by atoms with Crippen molar-refractivity contribution >= 4 is 11.6 Å². The molecule has 1 atom stereocenters. The maximum Gasteiger partial charge on any atom is 0.227 e. The van der Waals surface area contributed by atoms with Gasteiger partial charge in [0.1, 0.15) is 0 Å². The second-order valence-electron chi connectivity index (χ2n) is 5.27. The Bertz CT molecular complexity index is 618. The van der Waals surface area contributed by atoms with Gasteiger partial charge < -0.3 is 9.88 Å². The van der Waals surface area contributed by atoms with E-state index in [1.807, 2.05) is 30.7 Å². The molecule has 1 aliphatic rings. The summed E-state index contributed by atoms with van der Waals surface area (Å²) in [6.45, 7) is 2.98. The van der Waals surface area contributed by atoms with Crippen LogP contribution in [0.1, 0.15) is 24.6 Å². The van der Waals surface area contributed by atoms with E-state index >= 15 is 0 Å². The van der Waals surface area contributed by atoms with Gasteiger partial charge in [0.15, 0.2) is 0 Å². The zero-order chi connectivity index (χ0) is 13.9. The number of aryl methyl sites for hydroxylation is 2. The van der Waals surface area contributed by atoms with E-state index in [1.54, 1.807) is 0 Å². The molecule has 1 amide bonds. The van der Waals surface area contributed by atoms with Crippen molar-refractivity contribution in [2.24, 2.45) is 5.92 Å². The van der Waals surface area contributed by atoms with E-state index in [0.717, 1.165) is 37.2 Å². The number of hydrogen-bond acceptors (Lipinski definition) is 2. The van der Waals surface area contributed by atoms with Crippen LogP contribution in [0.25, 0.3) is 0 Å². The van der Waals surface area contributed by atoms with Gasteiger partial charge in [0.25, 0.3) is 0 Å². The molecule has 3 rings (SSSR count). The maximum absolute atomic E-state index is 12.4. The summed E-state index contributed by atoms with van der Waals surface area (Å²) in [5, 5.41) is 3.09. The average Bonchev–Trinajstić information content (AvgIpc) is 2.95. The first-order chi connectivity index (χ1) is 9.78. The number of carbonyl (C=O) groups excluding carboxylic acids is 1. The molecule has 104 valence electrons. The van der Waals surface area contributed by atoms with Crippen molar-refractivity contribution in [2.75, 3.05) is 5.32 Å². The summed E-state index contributed by atoms with van der Waals surface area (Å²) in [4.78, 5) is 16.6. The Morgan fingerprint density at radius 2 is 2.30 bits per heavy atom. The molecular formula is C16H19N3O. The van der Waals surface area contributed by atoms with E-state index in [-0.39, 0.29) is 11.8 Å². The minimum atomic E-state index is 0.0455. The molecule has 0 radical (unpaired) electrons. The standard InChI is InChI=1S/C16H19N3O/c1-2-12-5-3-4-6-15(12)18-16(20)13-7-8-19-11-17-10-14(19)9-13/h3-6,10-11,13H,2,7-9H2,1H3,(H,18,20). The van der Waals surface area contributed by atoms with Crippen LogP contribution in [-0.4, -0.2) is 15.5 Å². The maximum atomic E-state index is 12.4. The van der Waals surface area contributed by atoms with Crippen LogP contribution in [0.5, 0.6) is 0 Å². The zero-order valence-electron chi connectivity index (χ0n) is 11.7. The van der Waals surface area contributed by atoms with Gasteiger partial charge in [0, 0.05) is 36.5 Å². The van der Waals surface area contributed by atoms with Gasteiger partial charge in [-0.25, -0.2) is 4.98 Å². The second-order valence-corrected chi connectivity index (χ2v) is 5.27. The summed E-state index contributed by atoms with van der Waals surface area (Å²) in [6.07, 6.45) is 6.28. The third-order valence-corrected chi connectivity index (χ3v) is 4.00. The van der Waals surface area contributed by atoms with Crippen molar-refractivity contribution in [3.8, 4) is 0 Å². The molecular weight excluding hydrogens is 250 g/mol. The molecule has 0 bridgehead atoms. The van der Waals surface area contributed by atoms with Crippen LogP contribution in [0.3, 0.4) is 0 Å². The predicted molar refractivity (Wildman–Crippen MR) is 78.5 cm³/mol. The predicted octanol–water partition coefficient (Wildman–Crippen LogP) is 2.65. The van der Waals surface area contributed by atoms with E-state index in [1.165, 1.54) is 5.56 Å². The molecule has 4 heteroatoms. The fourth-order valence-corrected chi connectivity index (χ4v) is 2.78. The van der Waals surface area contributed by atoms with Crippen molar-refractivity contribution in [1.29, 1.82) is 0 Å². The molecule has 1 aromatic heterocycles. The van der Waals surface area contributed by atoms with Crippen molar-refractivity contribution in [2.45, 2.75) is 32.7 Å². The molecule has 4 nitrogen and oxygen atoms in total. The molecule has 1 N–H and O–H groups in total. The number of rotatable bonds is 3. The molecule has 0 fully saturated rings. The molecule has 1 aromatic carbocycles. The molecule has 0 aliphatic carbocycles. The van der Waals surface area contributed by atoms with E-state index in [2.05, 4.69) is 27.9 Å². The molecule has 0 spiro atoms. The number of benzene rings is 1. The number of nitrogens with one attached hydrogen (secondary N) is 1. The Labute approximate surface area is 118 Å². The second kappa shape index (κ2) is 5.49. The Balaban J connectivity index is 1.71. The van der Waals surface area contributed by atoms with E-state index < -0.39 is 0 Å². The normalized spacial score (nSPS) is 17.6. The molecule has 0 saturated carbocycles. The number of hydrogen-bond donors (Lipinski definition) is 1. The van der Waals surface area contributed by atoms with Gasteiger partial charge in [-0.1, -0.05) is 25.1 Å². The SMILES string of the molecule is CCc1ccccc1NC(=O)C1CCn2cncc2C1. The average molecular weight is 269 g/mol. The largest absolute Gasteiger partial charge is 0.335 e. The third-order valence-electron chi connectivity index (χ3n) is 4.00. The van der Waals surface area contributed by atoms with E-state index in [9.17, 15) is 4.79 Å². The highest BCUT2D eigenvalue weighted by atomic mass is 16.1. The minimum absolute atomic E-state index is 0.0455. The summed E-state index contributed by atoms with van der Waals surface area (Å²) < 4.78 is 2.13. The molecule has 1 aliphatic heterocycles. The number of imidazole rings is 1. The first-order valence-electron chi connectivity index (χ1n) is 7.15. The lowest BCUT2D eigenvalue weighted by atomic mass is 9.95. The highest BCUT2D eigenvalue weighted by Gasteiger charge is 2.25. The van der Waals surface area contributed by atoms with Crippen molar-refractivity contribution in [1.82, 2.24) is 9.55 Å². The van der Waals surface area contributed by atoms with E-state index in [4.69, 9.17) is 0 Å². The summed E-state index contributed by atoms with van der Waals surface area (Å²) in [6, 6.07) is 8.01. The molecule has 2 aromatic rings. The molecule has 20 heavy (non-hydrogen) atoms. The smallest absolute Gasteiger partial charge is 0.227 e. The fourth-order valence-electron chi connectivity index (χ4n) is 2.78. The number of nitrogens with zero attached hydrogens (tertiary/aromatic N) is 2. The highest BCUT2D eigenvalue weighted by Crippen LogP contribution is 2.23. The van der Waals surface area contributed by atoms with Crippen LogP contribution >= 0.6 is 0 Å². The van der Waals surface area contributed by atoms with Gasteiger partial charge in [-0.15, -0.1) is 0 Å².